The van der Waals surface area contributed by atoms with E-state index in [9.17, 15) is 8.78 Å². The fourth-order valence-electron chi connectivity index (χ4n) is 1.71. The van der Waals surface area contributed by atoms with E-state index >= 15 is 0 Å². The van der Waals surface area contributed by atoms with E-state index in [-0.39, 0.29) is 6.04 Å². The third kappa shape index (κ3) is 2.38. The average Bonchev–Trinajstić information content (AvgIpc) is 2.65. The zero-order valence-corrected chi connectivity index (χ0v) is 9.04. The van der Waals surface area contributed by atoms with Crippen molar-refractivity contribution in [2.24, 2.45) is 4.99 Å². The molecule has 0 spiro atoms. The summed E-state index contributed by atoms with van der Waals surface area (Å²) in [6, 6.07) is 3.19. The fraction of sp³-hybridized carbons (Fsp3) is 0.417. The van der Waals surface area contributed by atoms with E-state index in [1.54, 1.807) is 0 Å². The second kappa shape index (κ2) is 4.60. The maximum Gasteiger partial charge on any atom is 0.183 e. The predicted molar refractivity (Wildman–Crippen MR) is 57.4 cm³/mol. The molecule has 1 heterocycles. The monoisotopic (exact) mass is 225 g/mol. The van der Waals surface area contributed by atoms with Crippen molar-refractivity contribution in [3.63, 3.8) is 0 Å². The summed E-state index contributed by atoms with van der Waals surface area (Å²) < 4.78 is 31.3. The Balaban J connectivity index is 2.19. The van der Waals surface area contributed by atoms with Crippen LogP contribution in [0.15, 0.2) is 23.2 Å². The summed E-state index contributed by atoms with van der Waals surface area (Å²) in [7, 11) is 0. The average molecular weight is 225 g/mol. The number of hydrogen-bond acceptors (Lipinski definition) is 2. The lowest BCUT2D eigenvalue weighted by Gasteiger charge is -2.05. The van der Waals surface area contributed by atoms with Gasteiger partial charge in [0, 0.05) is 12.5 Å². The first-order valence-electron chi connectivity index (χ1n) is 5.34. The Hall–Kier alpha value is -1.45. The van der Waals surface area contributed by atoms with Crippen molar-refractivity contribution in [2.75, 3.05) is 6.61 Å². The smallest absolute Gasteiger partial charge is 0.183 e. The molecule has 16 heavy (non-hydrogen) atoms. The molecule has 2 nitrogen and oxygen atoms in total. The van der Waals surface area contributed by atoms with Crippen LogP contribution in [-0.2, 0) is 4.74 Å². The third-order valence-corrected chi connectivity index (χ3v) is 2.44. The van der Waals surface area contributed by atoms with Crippen LogP contribution in [0.1, 0.15) is 31.4 Å². The first-order chi connectivity index (χ1) is 7.69. The fourth-order valence-corrected chi connectivity index (χ4v) is 1.71. The van der Waals surface area contributed by atoms with Gasteiger partial charge in [-0.05, 0) is 24.1 Å². The van der Waals surface area contributed by atoms with Crippen LogP contribution in [0.25, 0.3) is 0 Å². The topological polar surface area (TPSA) is 21.6 Å². The summed E-state index contributed by atoms with van der Waals surface area (Å²) in [5.41, 5.74) is 0.531. The van der Waals surface area contributed by atoms with Crippen LogP contribution < -0.4 is 0 Å². The van der Waals surface area contributed by atoms with Crippen molar-refractivity contribution in [2.45, 2.75) is 25.8 Å². The van der Waals surface area contributed by atoms with Crippen molar-refractivity contribution in [3.8, 4) is 0 Å². The molecule has 0 amide bonds. The van der Waals surface area contributed by atoms with Gasteiger partial charge in [-0.2, -0.15) is 0 Å². The van der Waals surface area contributed by atoms with Crippen molar-refractivity contribution in [3.05, 3.63) is 35.4 Å². The Morgan fingerprint density at radius 3 is 2.62 bits per heavy atom. The van der Waals surface area contributed by atoms with Gasteiger partial charge in [0.25, 0.3) is 0 Å². The molecule has 0 radical (unpaired) electrons. The normalized spacial score (nSPS) is 19.4. The summed E-state index contributed by atoms with van der Waals surface area (Å²) >= 11 is 0. The minimum Gasteiger partial charge on any atom is -0.478 e. The van der Waals surface area contributed by atoms with E-state index < -0.39 is 11.6 Å². The predicted octanol–water partition coefficient (Wildman–Crippen LogP) is 3.23. The van der Waals surface area contributed by atoms with Gasteiger partial charge in [0.2, 0.25) is 0 Å². The van der Waals surface area contributed by atoms with Gasteiger partial charge in [0.05, 0.1) is 0 Å². The minimum absolute atomic E-state index is 0.272. The van der Waals surface area contributed by atoms with Crippen LogP contribution in [0.4, 0.5) is 8.78 Å². The molecule has 4 heteroatoms. The molecule has 0 saturated carbocycles. The second-order valence-corrected chi connectivity index (χ2v) is 3.80. The van der Waals surface area contributed by atoms with Crippen molar-refractivity contribution in [1.82, 2.24) is 0 Å². The number of ether oxygens (including phenoxy) is 1. The van der Waals surface area contributed by atoms with E-state index in [2.05, 4.69) is 4.99 Å². The number of rotatable bonds is 3. The lowest BCUT2D eigenvalue weighted by molar-refractivity contribution is 0.311. The second-order valence-electron chi connectivity index (χ2n) is 3.80. The van der Waals surface area contributed by atoms with Crippen LogP contribution in [0, 0.1) is 11.6 Å². The molecule has 0 bridgehead atoms. The molecular weight excluding hydrogens is 212 g/mol. The maximum absolute atomic E-state index is 13.0. The van der Waals surface area contributed by atoms with Crippen LogP contribution in [0.2, 0.25) is 0 Å². The Morgan fingerprint density at radius 1 is 1.31 bits per heavy atom. The molecule has 1 unspecified atom stereocenters. The summed E-state index contributed by atoms with van der Waals surface area (Å²) in [5.74, 6) is -0.472. The molecule has 1 aliphatic rings. The molecule has 0 N–H and O–H groups in total. The Morgan fingerprint density at radius 2 is 2.00 bits per heavy atom. The number of halogens is 2. The highest BCUT2D eigenvalue weighted by molar-refractivity contribution is 5.77. The molecule has 0 fully saturated rings. The van der Waals surface area contributed by atoms with E-state index in [1.807, 2.05) is 6.92 Å². The number of hydrogen-bond donors (Lipinski definition) is 0. The molecule has 0 aliphatic carbocycles. The highest BCUT2D eigenvalue weighted by atomic mass is 19.1. The molecular formula is C12H13F2NO. The van der Waals surface area contributed by atoms with E-state index in [0.29, 0.717) is 18.1 Å². The first-order valence-corrected chi connectivity index (χ1v) is 5.34. The van der Waals surface area contributed by atoms with Crippen LogP contribution >= 0.6 is 0 Å². The number of nitrogens with zero attached hydrogens (tertiary/aromatic N) is 1. The van der Waals surface area contributed by atoms with E-state index in [4.69, 9.17) is 4.74 Å². The lowest BCUT2D eigenvalue weighted by atomic mass is 10.1. The molecule has 1 atom stereocenters. The lowest BCUT2D eigenvalue weighted by Crippen LogP contribution is -2.00. The van der Waals surface area contributed by atoms with Gasteiger partial charge in [-0.1, -0.05) is 6.92 Å². The SMILES string of the molecule is CCCC1=NC(c2cc(F)cc(F)c2)CO1. The van der Waals surface area contributed by atoms with Gasteiger partial charge in [-0.15, -0.1) is 0 Å². The van der Waals surface area contributed by atoms with Crippen LogP contribution in [-0.4, -0.2) is 12.5 Å². The number of aliphatic imine (C=N–C) groups is 1. The molecule has 1 aliphatic heterocycles. The van der Waals surface area contributed by atoms with Crippen molar-refractivity contribution < 1.29 is 13.5 Å². The van der Waals surface area contributed by atoms with Crippen LogP contribution in [0.3, 0.4) is 0 Å². The van der Waals surface area contributed by atoms with Gasteiger partial charge in [-0.3, -0.25) is 0 Å². The molecule has 0 aromatic heterocycles. The summed E-state index contributed by atoms with van der Waals surface area (Å²) in [6.07, 6.45) is 1.72. The number of benzene rings is 1. The first kappa shape index (κ1) is 11.0. The zero-order valence-electron chi connectivity index (χ0n) is 9.04. The van der Waals surface area contributed by atoms with Gasteiger partial charge in [0.15, 0.2) is 5.90 Å². The molecule has 2 rings (SSSR count). The third-order valence-electron chi connectivity index (χ3n) is 2.44. The molecule has 0 saturated heterocycles. The summed E-state index contributed by atoms with van der Waals surface area (Å²) in [6.45, 7) is 2.40. The molecule has 86 valence electrons. The minimum atomic E-state index is -0.575. The highest BCUT2D eigenvalue weighted by Crippen LogP contribution is 2.25. The summed E-state index contributed by atoms with van der Waals surface area (Å²) in [5, 5.41) is 0. The summed E-state index contributed by atoms with van der Waals surface area (Å²) in [4.78, 5) is 4.29. The van der Waals surface area contributed by atoms with E-state index in [1.165, 1.54) is 12.1 Å². The van der Waals surface area contributed by atoms with Gasteiger partial charge in [-0.25, -0.2) is 13.8 Å². The van der Waals surface area contributed by atoms with Crippen molar-refractivity contribution >= 4 is 5.90 Å². The van der Waals surface area contributed by atoms with Gasteiger partial charge in [0.1, 0.15) is 24.3 Å². The quantitative estimate of drug-likeness (QED) is 0.773. The maximum atomic E-state index is 13.0. The van der Waals surface area contributed by atoms with Crippen LogP contribution in [0.5, 0.6) is 0 Å². The standard InChI is InChI=1S/C12H13F2NO/c1-2-3-12-15-11(7-16-12)8-4-9(13)6-10(14)5-8/h4-6,11H,2-3,7H2,1H3. The zero-order chi connectivity index (χ0) is 11.5. The molecule has 1 aromatic rings. The van der Waals surface area contributed by atoms with Crippen molar-refractivity contribution in [1.29, 1.82) is 0 Å². The largest absolute Gasteiger partial charge is 0.478 e. The van der Waals surface area contributed by atoms with E-state index in [0.717, 1.165) is 18.9 Å². The van der Waals surface area contributed by atoms with Gasteiger partial charge >= 0.3 is 0 Å². The Bertz CT molecular complexity index is 397. The highest BCUT2D eigenvalue weighted by Gasteiger charge is 2.20. The Labute approximate surface area is 93.0 Å². The molecule has 1 aromatic carbocycles. The Kier molecular flexibility index (Phi) is 3.17. The van der Waals surface area contributed by atoms with Gasteiger partial charge < -0.3 is 4.74 Å².